The summed E-state index contributed by atoms with van der Waals surface area (Å²) >= 11 is 4.83. The third-order valence-corrected chi connectivity index (χ3v) is 9.39. The molecule has 0 fully saturated rings. The van der Waals surface area contributed by atoms with Crippen molar-refractivity contribution in [2.24, 2.45) is 4.99 Å². The number of aryl methyl sites for hydroxylation is 1. The van der Waals surface area contributed by atoms with Gasteiger partial charge in [-0.2, -0.15) is 0 Å². The summed E-state index contributed by atoms with van der Waals surface area (Å²) in [6, 6.07) is 14.9. The molecule has 1 aliphatic heterocycles. The van der Waals surface area contributed by atoms with Gasteiger partial charge in [0.25, 0.3) is 11.5 Å². The lowest BCUT2D eigenvalue weighted by molar-refractivity contribution is -0.127. The van der Waals surface area contributed by atoms with Crippen LogP contribution in [0.1, 0.15) is 49.3 Å². The Bertz CT molecular complexity index is 1910. The van der Waals surface area contributed by atoms with Crippen LogP contribution in [0.25, 0.3) is 11.8 Å². The Hall–Kier alpha value is -3.89. The van der Waals surface area contributed by atoms with E-state index in [4.69, 9.17) is 14.5 Å². The molecule has 2 aromatic carbocycles. The Labute approximate surface area is 263 Å². The average molecular weight is 664 g/mol. The molecular formula is C33H35BrN4O4S. The minimum Gasteiger partial charge on any atom is -0.497 e. The second kappa shape index (κ2) is 12.4. The fourth-order valence-corrected chi connectivity index (χ4v) is 6.99. The molecule has 0 saturated carbocycles. The lowest BCUT2D eigenvalue weighted by atomic mass is 9.93. The van der Waals surface area contributed by atoms with Gasteiger partial charge in [0, 0.05) is 40.2 Å². The van der Waals surface area contributed by atoms with Gasteiger partial charge in [-0.25, -0.2) is 4.99 Å². The van der Waals surface area contributed by atoms with Crippen LogP contribution in [0.4, 0.5) is 0 Å². The molecule has 3 heterocycles. The number of aromatic nitrogens is 2. The van der Waals surface area contributed by atoms with Crippen LogP contribution in [0.15, 0.2) is 74.1 Å². The highest BCUT2D eigenvalue weighted by Gasteiger charge is 2.36. The number of ether oxygens (including phenoxy) is 2. The molecule has 224 valence electrons. The largest absolute Gasteiger partial charge is 0.497 e. The second-order valence-corrected chi connectivity index (χ2v) is 12.2. The first-order chi connectivity index (χ1) is 20.6. The van der Waals surface area contributed by atoms with E-state index in [0.717, 1.165) is 27.1 Å². The van der Waals surface area contributed by atoms with Crippen molar-refractivity contribution in [1.29, 1.82) is 0 Å². The Morgan fingerprint density at radius 1 is 1.05 bits per heavy atom. The molecule has 0 radical (unpaired) electrons. The van der Waals surface area contributed by atoms with Crippen molar-refractivity contribution >= 4 is 39.2 Å². The van der Waals surface area contributed by atoms with E-state index in [1.807, 2.05) is 52.0 Å². The maximum absolute atomic E-state index is 14.3. The van der Waals surface area contributed by atoms with Crippen LogP contribution in [0, 0.1) is 13.8 Å². The smallest absolute Gasteiger partial charge is 0.271 e. The number of methoxy groups -OCH3 is 2. The number of allylic oxidation sites excluding steroid dienone is 1. The summed E-state index contributed by atoms with van der Waals surface area (Å²) in [5, 5.41) is 0. The van der Waals surface area contributed by atoms with Gasteiger partial charge in [0.2, 0.25) is 0 Å². The van der Waals surface area contributed by atoms with Crippen molar-refractivity contribution in [3.8, 4) is 17.2 Å². The molecule has 43 heavy (non-hydrogen) atoms. The number of halogens is 1. The Morgan fingerprint density at radius 2 is 1.74 bits per heavy atom. The topological polar surface area (TPSA) is 78.1 Å². The molecule has 1 aliphatic rings. The van der Waals surface area contributed by atoms with Crippen LogP contribution >= 0.6 is 27.3 Å². The zero-order valence-corrected chi connectivity index (χ0v) is 27.8. The lowest BCUT2D eigenvalue weighted by Gasteiger charge is -2.30. The van der Waals surface area contributed by atoms with Gasteiger partial charge in [-0.05, 0) is 94.8 Å². The van der Waals surface area contributed by atoms with E-state index >= 15 is 0 Å². The molecule has 1 atom stereocenters. The number of likely N-dealkylation sites (N-methyl/N-ethyl adjacent to an activating group) is 1. The van der Waals surface area contributed by atoms with Gasteiger partial charge in [-0.15, -0.1) is 0 Å². The molecule has 0 unspecified atom stereocenters. The van der Waals surface area contributed by atoms with Gasteiger partial charge in [0.05, 0.1) is 30.0 Å². The summed E-state index contributed by atoms with van der Waals surface area (Å²) in [6.45, 7) is 10.9. The number of benzene rings is 2. The first-order valence-electron chi connectivity index (χ1n) is 14.1. The van der Waals surface area contributed by atoms with Crippen LogP contribution in [0.5, 0.6) is 11.5 Å². The molecule has 0 aliphatic carbocycles. The average Bonchev–Trinajstić information content (AvgIpc) is 3.46. The molecule has 5 rings (SSSR count). The quantitative estimate of drug-likeness (QED) is 0.257. The first kappa shape index (κ1) is 30.6. The van der Waals surface area contributed by atoms with Crippen molar-refractivity contribution in [2.45, 2.75) is 40.7 Å². The van der Waals surface area contributed by atoms with E-state index in [9.17, 15) is 9.59 Å². The molecule has 10 heteroatoms. The van der Waals surface area contributed by atoms with Crippen LogP contribution in [-0.2, 0) is 4.79 Å². The number of carbonyl (C=O) groups is 1. The van der Waals surface area contributed by atoms with Crippen molar-refractivity contribution in [1.82, 2.24) is 14.0 Å². The highest BCUT2D eigenvalue weighted by Crippen LogP contribution is 2.38. The van der Waals surface area contributed by atoms with E-state index in [-0.39, 0.29) is 11.5 Å². The number of hydrogen-bond donors (Lipinski definition) is 0. The highest BCUT2D eigenvalue weighted by molar-refractivity contribution is 9.10. The highest BCUT2D eigenvalue weighted by atomic mass is 79.9. The SMILES string of the molecule is CCN(CC)C(=O)C1=C(C)N=c2s/c(=C/c3cc(C)n(-c4ccc(Br)cc4)c3C)c(=O)n2[C@@H]1c1cc(OC)ccc1OC. The van der Waals surface area contributed by atoms with Crippen LogP contribution in [-0.4, -0.2) is 47.3 Å². The van der Waals surface area contributed by atoms with E-state index in [0.29, 0.717) is 50.8 Å². The molecule has 4 aromatic rings. The number of rotatable bonds is 8. The van der Waals surface area contributed by atoms with Gasteiger partial charge >= 0.3 is 0 Å². The summed E-state index contributed by atoms with van der Waals surface area (Å²) in [5.74, 6) is 0.994. The minimum absolute atomic E-state index is 0.159. The Balaban J connectivity index is 1.74. The van der Waals surface area contributed by atoms with E-state index in [1.165, 1.54) is 11.3 Å². The summed E-state index contributed by atoms with van der Waals surface area (Å²) < 4.78 is 16.6. The van der Waals surface area contributed by atoms with E-state index < -0.39 is 6.04 Å². The van der Waals surface area contributed by atoms with Gasteiger partial charge in [0.15, 0.2) is 4.80 Å². The zero-order chi connectivity index (χ0) is 31.0. The molecule has 8 nitrogen and oxygen atoms in total. The van der Waals surface area contributed by atoms with Crippen LogP contribution in [0.3, 0.4) is 0 Å². The molecule has 0 saturated heterocycles. The third-order valence-electron chi connectivity index (χ3n) is 7.88. The summed E-state index contributed by atoms with van der Waals surface area (Å²) in [6.07, 6.45) is 1.92. The van der Waals surface area contributed by atoms with Crippen molar-refractivity contribution in [3.63, 3.8) is 0 Å². The molecular weight excluding hydrogens is 628 g/mol. The molecule has 2 aromatic heterocycles. The number of carbonyl (C=O) groups excluding carboxylic acids is 1. The minimum atomic E-state index is -0.744. The van der Waals surface area contributed by atoms with Crippen molar-refractivity contribution in [2.75, 3.05) is 27.3 Å². The van der Waals surface area contributed by atoms with E-state index in [2.05, 4.69) is 45.6 Å². The first-order valence-corrected chi connectivity index (χ1v) is 15.7. The number of hydrogen-bond acceptors (Lipinski definition) is 6. The fraction of sp³-hybridized carbons (Fsp3) is 0.303. The van der Waals surface area contributed by atoms with Crippen LogP contribution in [0.2, 0.25) is 0 Å². The Kier molecular flexibility index (Phi) is 8.80. The maximum Gasteiger partial charge on any atom is 0.271 e. The van der Waals surface area contributed by atoms with Gasteiger partial charge in [0.1, 0.15) is 17.5 Å². The number of nitrogens with zero attached hydrogens (tertiary/aromatic N) is 4. The standard InChI is InChI=1S/C33H35BrN4O4S/c1-8-36(9-2)32(40)29-20(4)35-33-38(30(29)26-18-25(41-6)14-15-27(26)42-7)31(39)28(43-33)17-22-16-19(3)37(21(22)5)24-12-10-23(34)11-13-24/h10-18,30H,8-9H2,1-7H3/b28-17+/t30-/m1/s1. The number of fused-ring (bicyclic) bond motifs is 1. The number of amides is 1. The normalized spacial score (nSPS) is 14.9. The third kappa shape index (κ3) is 5.49. The van der Waals surface area contributed by atoms with Crippen molar-refractivity contribution < 1.29 is 14.3 Å². The van der Waals surface area contributed by atoms with Crippen LogP contribution < -0.4 is 24.4 Å². The molecule has 0 spiro atoms. The summed E-state index contributed by atoms with van der Waals surface area (Å²) in [7, 11) is 3.17. The second-order valence-electron chi connectivity index (χ2n) is 10.3. The monoisotopic (exact) mass is 662 g/mol. The summed E-state index contributed by atoms with van der Waals surface area (Å²) in [5.41, 5.74) is 5.52. The van der Waals surface area contributed by atoms with Gasteiger partial charge < -0.3 is 18.9 Å². The van der Waals surface area contributed by atoms with E-state index in [1.54, 1.807) is 35.8 Å². The van der Waals surface area contributed by atoms with Gasteiger partial charge in [-0.1, -0.05) is 27.3 Å². The molecule has 1 amide bonds. The van der Waals surface area contributed by atoms with Crippen molar-refractivity contribution in [3.05, 3.63) is 106 Å². The van der Waals surface area contributed by atoms with Gasteiger partial charge in [-0.3, -0.25) is 14.2 Å². The molecule has 0 bridgehead atoms. The number of thiazole rings is 1. The predicted octanol–water partition coefficient (Wildman–Crippen LogP) is 5.29. The Morgan fingerprint density at radius 3 is 2.37 bits per heavy atom. The fourth-order valence-electron chi connectivity index (χ4n) is 5.69. The summed E-state index contributed by atoms with van der Waals surface area (Å²) in [4.78, 5) is 35.4. The lowest BCUT2D eigenvalue weighted by Crippen LogP contribution is -2.43. The predicted molar refractivity (Wildman–Crippen MR) is 174 cm³/mol. The maximum atomic E-state index is 14.3. The molecule has 0 N–H and O–H groups in total. The zero-order valence-electron chi connectivity index (χ0n) is 25.4.